The number of nitrogens with zero attached hydrogens (tertiary/aromatic N) is 2. The van der Waals surface area contributed by atoms with Crippen molar-refractivity contribution in [3.63, 3.8) is 0 Å². The van der Waals surface area contributed by atoms with Crippen molar-refractivity contribution in [1.29, 1.82) is 0 Å². The smallest absolute Gasteiger partial charge is 0.161 e. The second-order valence-corrected chi connectivity index (χ2v) is 4.70. The maximum absolute atomic E-state index is 5.81. The highest BCUT2D eigenvalue weighted by Gasteiger charge is 2.05. The molecule has 0 aliphatic heterocycles. The van der Waals surface area contributed by atoms with Crippen LogP contribution in [0.25, 0.3) is 11.4 Å². The molecule has 1 aromatic heterocycles. The number of rotatable bonds is 3. The van der Waals surface area contributed by atoms with Crippen LogP contribution >= 0.6 is 0 Å². The van der Waals surface area contributed by atoms with Gasteiger partial charge in [0.1, 0.15) is 17.3 Å². The van der Waals surface area contributed by atoms with E-state index < -0.39 is 0 Å². The van der Waals surface area contributed by atoms with E-state index in [4.69, 9.17) is 10.5 Å². The number of benzene rings is 2. The van der Waals surface area contributed by atoms with Gasteiger partial charge in [0.25, 0.3) is 0 Å². The van der Waals surface area contributed by atoms with Crippen molar-refractivity contribution in [2.24, 2.45) is 0 Å². The lowest BCUT2D eigenvalue weighted by Crippen LogP contribution is -1.97. The van der Waals surface area contributed by atoms with E-state index in [1.54, 1.807) is 6.07 Å². The molecule has 0 unspecified atom stereocenters. The summed E-state index contributed by atoms with van der Waals surface area (Å²) in [6, 6.07) is 19.0. The molecule has 0 fully saturated rings. The maximum atomic E-state index is 5.81. The van der Waals surface area contributed by atoms with E-state index in [9.17, 15) is 0 Å². The van der Waals surface area contributed by atoms with Gasteiger partial charge in [-0.15, -0.1) is 0 Å². The largest absolute Gasteiger partial charge is 0.457 e. The van der Waals surface area contributed by atoms with Crippen molar-refractivity contribution in [2.75, 3.05) is 5.73 Å². The molecular formula is C17H15N3O. The number of hydrogen-bond donors (Lipinski definition) is 1. The summed E-state index contributed by atoms with van der Waals surface area (Å²) < 4.78 is 5.81. The minimum Gasteiger partial charge on any atom is -0.457 e. The fraction of sp³-hybridized carbons (Fsp3) is 0.0588. The Morgan fingerprint density at radius 2 is 1.62 bits per heavy atom. The highest BCUT2D eigenvalue weighted by atomic mass is 16.5. The Bertz CT molecular complexity index is 737. The molecule has 0 bridgehead atoms. The second-order valence-electron chi connectivity index (χ2n) is 4.70. The zero-order chi connectivity index (χ0) is 14.7. The number of ether oxygens (including phenoxy) is 1. The Morgan fingerprint density at radius 1 is 0.857 bits per heavy atom. The summed E-state index contributed by atoms with van der Waals surface area (Å²) in [5.41, 5.74) is 7.49. The molecule has 0 atom stereocenters. The number of aromatic nitrogens is 2. The van der Waals surface area contributed by atoms with Gasteiger partial charge < -0.3 is 10.5 Å². The molecule has 0 aliphatic rings. The van der Waals surface area contributed by atoms with Gasteiger partial charge in [-0.1, -0.05) is 30.3 Å². The van der Waals surface area contributed by atoms with E-state index in [1.807, 2.05) is 61.5 Å². The second kappa shape index (κ2) is 5.63. The van der Waals surface area contributed by atoms with Gasteiger partial charge in [-0.05, 0) is 31.2 Å². The first-order valence-corrected chi connectivity index (χ1v) is 6.65. The zero-order valence-electron chi connectivity index (χ0n) is 11.7. The van der Waals surface area contributed by atoms with Crippen molar-refractivity contribution in [3.8, 4) is 22.9 Å². The number of anilines is 1. The normalized spacial score (nSPS) is 10.3. The van der Waals surface area contributed by atoms with Gasteiger partial charge in [0, 0.05) is 17.3 Å². The van der Waals surface area contributed by atoms with Crippen LogP contribution in [0.3, 0.4) is 0 Å². The molecule has 104 valence electrons. The van der Waals surface area contributed by atoms with Gasteiger partial charge in [0.2, 0.25) is 0 Å². The summed E-state index contributed by atoms with van der Waals surface area (Å²) in [5, 5.41) is 0. The molecule has 0 spiro atoms. The SMILES string of the molecule is Cc1cc(N)nc(-c2cccc(Oc3ccccc3)c2)n1. The molecule has 0 amide bonds. The molecule has 0 saturated heterocycles. The van der Waals surface area contributed by atoms with Crippen LogP contribution in [0.15, 0.2) is 60.7 Å². The average molecular weight is 277 g/mol. The van der Waals surface area contributed by atoms with Gasteiger partial charge in [0.15, 0.2) is 5.82 Å². The first-order chi connectivity index (χ1) is 10.2. The first kappa shape index (κ1) is 13.1. The Kier molecular flexibility index (Phi) is 3.51. The lowest BCUT2D eigenvalue weighted by molar-refractivity contribution is 0.483. The zero-order valence-corrected chi connectivity index (χ0v) is 11.7. The Balaban J connectivity index is 1.93. The van der Waals surface area contributed by atoms with Crippen LogP contribution in [0, 0.1) is 6.92 Å². The van der Waals surface area contributed by atoms with Crippen LogP contribution < -0.4 is 10.5 Å². The topological polar surface area (TPSA) is 61.0 Å². The van der Waals surface area contributed by atoms with Gasteiger partial charge in [0.05, 0.1) is 0 Å². The summed E-state index contributed by atoms with van der Waals surface area (Å²) in [4.78, 5) is 8.67. The predicted molar refractivity (Wildman–Crippen MR) is 83.1 cm³/mol. The van der Waals surface area contributed by atoms with Crippen molar-refractivity contribution in [1.82, 2.24) is 9.97 Å². The molecular weight excluding hydrogens is 262 g/mol. The minimum atomic E-state index is 0.465. The number of nitrogens with two attached hydrogens (primary N) is 1. The molecule has 4 heteroatoms. The third-order valence-corrected chi connectivity index (χ3v) is 2.95. The molecule has 0 aliphatic carbocycles. The quantitative estimate of drug-likeness (QED) is 0.790. The monoisotopic (exact) mass is 277 g/mol. The van der Waals surface area contributed by atoms with Crippen LogP contribution in [0.1, 0.15) is 5.69 Å². The highest BCUT2D eigenvalue weighted by Crippen LogP contribution is 2.26. The number of para-hydroxylation sites is 1. The molecule has 1 heterocycles. The van der Waals surface area contributed by atoms with E-state index in [0.29, 0.717) is 11.6 Å². The van der Waals surface area contributed by atoms with Crippen LogP contribution in [0.4, 0.5) is 5.82 Å². The summed E-state index contributed by atoms with van der Waals surface area (Å²) in [5.74, 6) is 2.60. The van der Waals surface area contributed by atoms with E-state index in [1.165, 1.54) is 0 Å². The standard InChI is InChI=1S/C17H15N3O/c1-12-10-16(18)20-17(19-12)13-6-5-9-15(11-13)21-14-7-3-2-4-8-14/h2-11H,1H3,(H2,18,19,20). The molecule has 3 rings (SSSR count). The molecule has 0 radical (unpaired) electrons. The van der Waals surface area contributed by atoms with Gasteiger partial charge in [-0.2, -0.15) is 0 Å². The van der Waals surface area contributed by atoms with Gasteiger partial charge in [-0.3, -0.25) is 0 Å². The average Bonchev–Trinajstić information content (AvgIpc) is 2.47. The number of nitrogen functional groups attached to an aromatic ring is 1. The first-order valence-electron chi connectivity index (χ1n) is 6.65. The molecule has 3 aromatic rings. The fourth-order valence-corrected chi connectivity index (χ4v) is 2.05. The third kappa shape index (κ3) is 3.17. The fourth-order valence-electron chi connectivity index (χ4n) is 2.05. The summed E-state index contributed by atoms with van der Waals surface area (Å²) in [6.45, 7) is 1.89. The summed E-state index contributed by atoms with van der Waals surface area (Å²) >= 11 is 0. The van der Waals surface area contributed by atoms with Gasteiger partial charge >= 0.3 is 0 Å². The van der Waals surface area contributed by atoms with Crippen molar-refractivity contribution < 1.29 is 4.74 Å². The van der Waals surface area contributed by atoms with Gasteiger partial charge in [-0.25, -0.2) is 9.97 Å². The molecule has 4 nitrogen and oxygen atoms in total. The van der Waals surface area contributed by atoms with Crippen molar-refractivity contribution >= 4 is 5.82 Å². The molecule has 0 saturated carbocycles. The van der Waals surface area contributed by atoms with Crippen LogP contribution in [0.5, 0.6) is 11.5 Å². The lowest BCUT2D eigenvalue weighted by Gasteiger charge is -2.08. The van der Waals surface area contributed by atoms with Crippen LogP contribution in [-0.2, 0) is 0 Å². The molecule has 2 aromatic carbocycles. The minimum absolute atomic E-state index is 0.465. The van der Waals surface area contributed by atoms with E-state index in [2.05, 4.69) is 9.97 Å². The Hall–Kier alpha value is -2.88. The van der Waals surface area contributed by atoms with Crippen molar-refractivity contribution in [3.05, 3.63) is 66.4 Å². The van der Waals surface area contributed by atoms with E-state index in [-0.39, 0.29) is 0 Å². The Morgan fingerprint density at radius 3 is 2.38 bits per heavy atom. The van der Waals surface area contributed by atoms with E-state index in [0.717, 1.165) is 22.8 Å². The molecule has 21 heavy (non-hydrogen) atoms. The number of hydrogen-bond acceptors (Lipinski definition) is 4. The summed E-state index contributed by atoms with van der Waals surface area (Å²) in [7, 11) is 0. The van der Waals surface area contributed by atoms with E-state index >= 15 is 0 Å². The van der Waals surface area contributed by atoms with Crippen molar-refractivity contribution in [2.45, 2.75) is 6.92 Å². The Labute approximate surface area is 123 Å². The third-order valence-electron chi connectivity index (χ3n) is 2.95. The van der Waals surface area contributed by atoms with Crippen LogP contribution in [0.2, 0.25) is 0 Å². The highest BCUT2D eigenvalue weighted by molar-refractivity contribution is 5.59. The lowest BCUT2D eigenvalue weighted by atomic mass is 10.2. The van der Waals surface area contributed by atoms with Crippen LogP contribution in [-0.4, -0.2) is 9.97 Å². The number of aryl methyl sites for hydroxylation is 1. The maximum Gasteiger partial charge on any atom is 0.161 e. The summed E-state index contributed by atoms with van der Waals surface area (Å²) in [6.07, 6.45) is 0. The molecule has 2 N–H and O–H groups in total. The predicted octanol–water partition coefficient (Wildman–Crippen LogP) is 3.83.